The molecule has 5 heteroatoms. The van der Waals surface area contributed by atoms with E-state index in [4.69, 9.17) is 9.47 Å². The Hall–Kier alpha value is -1.20. The van der Waals surface area contributed by atoms with E-state index >= 15 is 0 Å². The summed E-state index contributed by atoms with van der Waals surface area (Å²) in [5, 5.41) is 0. The Labute approximate surface area is 128 Å². The highest BCUT2D eigenvalue weighted by atomic mass is 32.2. The summed E-state index contributed by atoms with van der Waals surface area (Å²) in [5.74, 6) is 2.04. The van der Waals surface area contributed by atoms with Gasteiger partial charge in [0, 0.05) is 32.4 Å². The van der Waals surface area contributed by atoms with Crippen LogP contribution in [0, 0.1) is 0 Å². The molecule has 0 N–H and O–H groups in total. The molecule has 3 heterocycles. The minimum Gasteiger partial charge on any atom is -0.480 e. The first kappa shape index (κ1) is 13.5. The van der Waals surface area contributed by atoms with E-state index in [1.54, 1.807) is 7.11 Å². The average Bonchev–Trinajstić information content (AvgIpc) is 3.08. The van der Waals surface area contributed by atoms with Crippen molar-refractivity contribution in [2.45, 2.75) is 29.8 Å². The second kappa shape index (κ2) is 4.92. The van der Waals surface area contributed by atoms with Crippen LogP contribution in [0.1, 0.15) is 12.0 Å². The van der Waals surface area contributed by atoms with Gasteiger partial charge in [-0.25, -0.2) is 0 Å². The average molecular weight is 305 g/mol. The molecule has 21 heavy (non-hydrogen) atoms. The number of rotatable bonds is 2. The van der Waals surface area contributed by atoms with Gasteiger partial charge in [-0.2, -0.15) is 0 Å². The van der Waals surface area contributed by atoms with E-state index in [1.165, 1.54) is 0 Å². The minimum atomic E-state index is -0.329. The molecule has 0 radical (unpaired) electrons. The Kier molecular flexibility index (Phi) is 3.15. The van der Waals surface area contributed by atoms with Crippen LogP contribution in [0.4, 0.5) is 0 Å². The first-order valence-electron chi connectivity index (χ1n) is 7.39. The molecule has 0 aliphatic carbocycles. The molecule has 4 rings (SSSR count). The number of nitrogens with zero attached hydrogens (tertiary/aromatic N) is 1. The number of para-hydroxylation sites is 1. The Morgan fingerprint density at radius 2 is 2.24 bits per heavy atom. The highest BCUT2D eigenvalue weighted by molar-refractivity contribution is 8.01. The summed E-state index contributed by atoms with van der Waals surface area (Å²) in [7, 11) is 1.77. The van der Waals surface area contributed by atoms with E-state index < -0.39 is 0 Å². The second-order valence-electron chi connectivity index (χ2n) is 6.17. The van der Waals surface area contributed by atoms with Crippen molar-refractivity contribution in [2.24, 2.45) is 0 Å². The van der Waals surface area contributed by atoms with Crippen molar-refractivity contribution < 1.29 is 14.3 Å². The van der Waals surface area contributed by atoms with Gasteiger partial charge in [-0.05, 0) is 18.1 Å². The van der Waals surface area contributed by atoms with Gasteiger partial charge in [0.25, 0.3) is 5.91 Å². The van der Waals surface area contributed by atoms with Crippen molar-refractivity contribution >= 4 is 17.7 Å². The first-order valence-corrected chi connectivity index (χ1v) is 8.38. The van der Waals surface area contributed by atoms with Crippen molar-refractivity contribution in [1.82, 2.24) is 4.90 Å². The van der Waals surface area contributed by atoms with Crippen molar-refractivity contribution in [3.63, 3.8) is 0 Å². The smallest absolute Gasteiger partial charge is 0.264 e. The predicted octanol–water partition coefficient (Wildman–Crippen LogP) is 1.72. The van der Waals surface area contributed by atoms with E-state index in [9.17, 15) is 4.79 Å². The maximum absolute atomic E-state index is 12.5. The monoisotopic (exact) mass is 305 g/mol. The molecule has 4 nitrogen and oxygen atoms in total. The number of methoxy groups -OCH3 is 1. The third-order valence-corrected chi connectivity index (χ3v) is 6.28. The highest BCUT2D eigenvalue weighted by Gasteiger charge is 2.52. The fourth-order valence-electron chi connectivity index (χ4n) is 3.50. The summed E-state index contributed by atoms with van der Waals surface area (Å²) < 4.78 is 11.5. The van der Waals surface area contributed by atoms with Gasteiger partial charge in [-0.1, -0.05) is 18.2 Å². The summed E-state index contributed by atoms with van der Waals surface area (Å²) in [6.45, 7) is 1.68. The molecule has 2 saturated heterocycles. The molecule has 2 atom stereocenters. The molecule has 0 saturated carbocycles. The van der Waals surface area contributed by atoms with Gasteiger partial charge in [0.15, 0.2) is 6.10 Å². The molecule has 1 aromatic rings. The van der Waals surface area contributed by atoms with Crippen LogP contribution < -0.4 is 4.74 Å². The lowest BCUT2D eigenvalue weighted by Gasteiger charge is -2.48. The first-order chi connectivity index (χ1) is 10.2. The normalized spacial score (nSPS) is 29.1. The fraction of sp³-hybridized carbons (Fsp3) is 0.562. The van der Waals surface area contributed by atoms with Crippen LogP contribution in [0.5, 0.6) is 5.75 Å². The van der Waals surface area contributed by atoms with E-state index in [-0.39, 0.29) is 16.8 Å². The zero-order chi connectivity index (χ0) is 14.4. The van der Waals surface area contributed by atoms with E-state index in [0.29, 0.717) is 12.5 Å². The lowest BCUT2D eigenvalue weighted by molar-refractivity contribution is -0.143. The van der Waals surface area contributed by atoms with Crippen molar-refractivity contribution in [3.8, 4) is 5.75 Å². The number of benzene rings is 1. The van der Waals surface area contributed by atoms with Gasteiger partial charge in [-0.15, -0.1) is 11.8 Å². The number of hydrogen-bond donors (Lipinski definition) is 0. The zero-order valence-electron chi connectivity index (χ0n) is 12.1. The fourth-order valence-corrected chi connectivity index (χ4v) is 5.09. The van der Waals surface area contributed by atoms with Crippen LogP contribution in [-0.2, 0) is 16.0 Å². The van der Waals surface area contributed by atoms with Gasteiger partial charge in [-0.3, -0.25) is 4.79 Å². The molecule has 0 unspecified atom stereocenters. The largest absolute Gasteiger partial charge is 0.480 e. The molecule has 112 valence electrons. The van der Waals surface area contributed by atoms with Crippen LogP contribution in [0.2, 0.25) is 0 Å². The van der Waals surface area contributed by atoms with Crippen LogP contribution in [0.3, 0.4) is 0 Å². The number of likely N-dealkylation sites (tertiary alicyclic amines) is 1. The Morgan fingerprint density at radius 1 is 1.43 bits per heavy atom. The van der Waals surface area contributed by atoms with Crippen LogP contribution in [0.15, 0.2) is 24.3 Å². The van der Waals surface area contributed by atoms with Crippen LogP contribution >= 0.6 is 11.8 Å². The third-order valence-electron chi connectivity index (χ3n) is 4.70. The number of amides is 1. The van der Waals surface area contributed by atoms with E-state index in [0.717, 1.165) is 36.6 Å². The molecule has 1 amide bonds. The number of carbonyl (C=O) groups excluding carboxylic acids is 1. The van der Waals surface area contributed by atoms with Crippen LogP contribution in [0.25, 0.3) is 0 Å². The topological polar surface area (TPSA) is 38.8 Å². The lowest BCUT2D eigenvalue weighted by Crippen LogP contribution is -2.63. The van der Waals surface area contributed by atoms with Gasteiger partial charge < -0.3 is 14.4 Å². The molecular formula is C16H19NO3S. The molecule has 1 aromatic carbocycles. The van der Waals surface area contributed by atoms with Gasteiger partial charge >= 0.3 is 0 Å². The molecule has 3 aliphatic heterocycles. The quantitative estimate of drug-likeness (QED) is 0.834. The number of carbonyl (C=O) groups is 1. The number of thioether (sulfide) groups is 1. The minimum absolute atomic E-state index is 0.137. The van der Waals surface area contributed by atoms with Crippen molar-refractivity contribution in [3.05, 3.63) is 29.8 Å². The van der Waals surface area contributed by atoms with E-state index in [1.807, 2.05) is 40.9 Å². The van der Waals surface area contributed by atoms with Gasteiger partial charge in [0.2, 0.25) is 0 Å². The summed E-state index contributed by atoms with van der Waals surface area (Å²) in [5.41, 5.74) is 1.14. The van der Waals surface area contributed by atoms with Crippen molar-refractivity contribution in [2.75, 3.05) is 26.0 Å². The van der Waals surface area contributed by atoms with Gasteiger partial charge in [0.1, 0.15) is 5.75 Å². The Bertz CT molecular complexity index is 545. The van der Waals surface area contributed by atoms with E-state index in [2.05, 4.69) is 0 Å². The number of fused-ring (bicyclic) bond motifs is 1. The summed E-state index contributed by atoms with van der Waals surface area (Å²) >= 11 is 1.96. The maximum Gasteiger partial charge on any atom is 0.264 e. The predicted molar refractivity (Wildman–Crippen MR) is 81.7 cm³/mol. The number of hydrogen-bond acceptors (Lipinski definition) is 4. The molecule has 0 aromatic heterocycles. The molecule has 0 bridgehead atoms. The van der Waals surface area contributed by atoms with Gasteiger partial charge in [0.05, 0.1) is 10.9 Å². The second-order valence-corrected chi connectivity index (χ2v) is 7.66. The molecule has 1 spiro atoms. The maximum atomic E-state index is 12.5. The molecule has 3 aliphatic rings. The lowest BCUT2D eigenvalue weighted by atomic mass is 9.92. The van der Waals surface area contributed by atoms with Crippen molar-refractivity contribution in [1.29, 1.82) is 0 Å². The standard InChI is InChI=1S/C16H19NO3S/c1-19-12-7-16(21-8-12)9-17(10-16)15(18)14-6-11-4-2-3-5-13(11)20-14/h2-5,12,14H,6-10H2,1H3/t12-,14+/m0/s1. The third kappa shape index (κ3) is 2.23. The molecular weight excluding hydrogens is 286 g/mol. The Morgan fingerprint density at radius 3 is 2.95 bits per heavy atom. The zero-order valence-corrected chi connectivity index (χ0v) is 12.9. The highest BCUT2D eigenvalue weighted by Crippen LogP contribution is 2.46. The SMILES string of the molecule is CO[C@@H]1CSC2(C1)CN(C(=O)[C@H]1Cc3ccccc3O1)C2. The Balaban J connectivity index is 1.37. The summed E-state index contributed by atoms with van der Waals surface area (Å²) in [6.07, 6.45) is 1.78. The molecule has 2 fully saturated rings. The summed E-state index contributed by atoms with van der Waals surface area (Å²) in [4.78, 5) is 14.5. The van der Waals surface area contributed by atoms with Crippen LogP contribution in [-0.4, -0.2) is 53.7 Å². The number of ether oxygens (including phenoxy) is 2. The summed E-state index contributed by atoms with van der Waals surface area (Å²) in [6, 6.07) is 7.92.